The fourth-order valence-electron chi connectivity index (χ4n) is 3.38. The van der Waals surface area contributed by atoms with Crippen LogP contribution in [0.25, 0.3) is 0 Å². The number of anilines is 1. The van der Waals surface area contributed by atoms with E-state index in [4.69, 9.17) is 5.73 Å². The van der Waals surface area contributed by atoms with E-state index in [-0.39, 0.29) is 0 Å². The van der Waals surface area contributed by atoms with Crippen molar-refractivity contribution in [1.82, 2.24) is 0 Å². The second-order valence-corrected chi connectivity index (χ2v) is 6.50. The first-order valence-corrected chi connectivity index (χ1v) is 7.72. The van der Waals surface area contributed by atoms with Crippen molar-refractivity contribution >= 4 is 11.6 Å². The van der Waals surface area contributed by atoms with Crippen molar-refractivity contribution in [2.75, 3.05) is 11.9 Å². The number of aliphatic imine (C=N–C) groups is 1. The Morgan fingerprint density at radius 1 is 1.25 bits per heavy atom. The van der Waals surface area contributed by atoms with Gasteiger partial charge in [0.05, 0.1) is 0 Å². The normalized spacial score (nSPS) is 18.4. The van der Waals surface area contributed by atoms with Crippen LogP contribution in [-0.2, 0) is 0 Å². The minimum absolute atomic E-state index is 0.386. The largest absolute Gasteiger partial charge is 0.370 e. The van der Waals surface area contributed by atoms with Crippen molar-refractivity contribution < 1.29 is 0 Å². The van der Waals surface area contributed by atoms with E-state index >= 15 is 0 Å². The summed E-state index contributed by atoms with van der Waals surface area (Å²) in [5.74, 6) is 1.26. The third kappa shape index (κ3) is 4.26. The van der Waals surface area contributed by atoms with Crippen molar-refractivity contribution in [3.63, 3.8) is 0 Å². The monoisotopic (exact) mass is 273 g/mol. The Morgan fingerprint density at radius 2 is 1.90 bits per heavy atom. The molecule has 1 aromatic rings. The van der Waals surface area contributed by atoms with Gasteiger partial charge < -0.3 is 11.1 Å². The molecule has 1 fully saturated rings. The SMILES string of the molecule is CC(C)CC1(CN=C(N)Nc2ccccc2)CCCC1. The molecule has 2 rings (SSSR count). The van der Waals surface area contributed by atoms with Gasteiger partial charge in [0.25, 0.3) is 0 Å². The molecule has 0 radical (unpaired) electrons. The Kier molecular flexibility index (Phi) is 5.05. The van der Waals surface area contributed by atoms with Gasteiger partial charge in [-0.2, -0.15) is 0 Å². The molecule has 3 N–H and O–H groups in total. The lowest BCUT2D eigenvalue weighted by molar-refractivity contribution is 0.245. The zero-order valence-electron chi connectivity index (χ0n) is 12.7. The number of nitrogens with one attached hydrogen (secondary N) is 1. The summed E-state index contributed by atoms with van der Waals surface area (Å²) in [5.41, 5.74) is 7.40. The first-order valence-electron chi connectivity index (χ1n) is 7.72. The highest BCUT2D eigenvalue weighted by Gasteiger charge is 2.34. The quantitative estimate of drug-likeness (QED) is 0.629. The van der Waals surface area contributed by atoms with Crippen LogP contribution >= 0.6 is 0 Å². The summed E-state index contributed by atoms with van der Waals surface area (Å²) in [6.07, 6.45) is 6.54. The maximum absolute atomic E-state index is 6.01. The Balaban J connectivity index is 1.95. The summed E-state index contributed by atoms with van der Waals surface area (Å²) >= 11 is 0. The van der Waals surface area contributed by atoms with E-state index in [0.717, 1.165) is 18.2 Å². The Labute approximate surface area is 122 Å². The van der Waals surface area contributed by atoms with Crippen LogP contribution in [0.2, 0.25) is 0 Å². The number of hydrogen-bond acceptors (Lipinski definition) is 1. The molecular weight excluding hydrogens is 246 g/mol. The fraction of sp³-hybridized carbons (Fsp3) is 0.588. The zero-order chi connectivity index (χ0) is 14.4. The molecule has 0 spiro atoms. The lowest BCUT2D eigenvalue weighted by Gasteiger charge is -2.29. The third-order valence-corrected chi connectivity index (χ3v) is 4.14. The molecule has 1 aliphatic rings. The van der Waals surface area contributed by atoms with Crippen LogP contribution in [0.5, 0.6) is 0 Å². The van der Waals surface area contributed by atoms with Crippen LogP contribution in [0, 0.1) is 11.3 Å². The molecule has 0 unspecified atom stereocenters. The Morgan fingerprint density at radius 3 is 2.50 bits per heavy atom. The van der Waals surface area contributed by atoms with Crippen LogP contribution in [0.15, 0.2) is 35.3 Å². The molecule has 3 heteroatoms. The highest BCUT2D eigenvalue weighted by molar-refractivity contribution is 5.92. The van der Waals surface area contributed by atoms with Crippen LogP contribution in [-0.4, -0.2) is 12.5 Å². The van der Waals surface area contributed by atoms with Gasteiger partial charge in [-0.05, 0) is 42.7 Å². The van der Waals surface area contributed by atoms with E-state index in [2.05, 4.69) is 24.2 Å². The Hall–Kier alpha value is -1.51. The molecule has 110 valence electrons. The summed E-state index contributed by atoms with van der Waals surface area (Å²) in [6.45, 7) is 5.46. The van der Waals surface area contributed by atoms with E-state index in [1.165, 1.54) is 32.1 Å². The average molecular weight is 273 g/mol. The summed E-state index contributed by atoms with van der Waals surface area (Å²) in [5, 5.41) is 3.16. The first-order chi connectivity index (χ1) is 9.60. The van der Waals surface area contributed by atoms with Crippen molar-refractivity contribution in [3.05, 3.63) is 30.3 Å². The van der Waals surface area contributed by atoms with Gasteiger partial charge in [-0.3, -0.25) is 4.99 Å². The highest BCUT2D eigenvalue weighted by atomic mass is 15.1. The zero-order valence-corrected chi connectivity index (χ0v) is 12.7. The third-order valence-electron chi connectivity index (χ3n) is 4.14. The number of guanidine groups is 1. The van der Waals surface area contributed by atoms with Crippen molar-refractivity contribution in [2.45, 2.75) is 46.0 Å². The predicted octanol–water partition coefficient (Wildman–Crippen LogP) is 4.02. The Bertz CT molecular complexity index is 431. The van der Waals surface area contributed by atoms with Gasteiger partial charge in [-0.15, -0.1) is 0 Å². The van der Waals surface area contributed by atoms with E-state index in [1.807, 2.05) is 30.3 Å². The number of nitrogens with two attached hydrogens (primary N) is 1. The van der Waals surface area contributed by atoms with Gasteiger partial charge in [0.2, 0.25) is 0 Å². The molecule has 1 saturated carbocycles. The molecule has 0 amide bonds. The summed E-state index contributed by atoms with van der Waals surface area (Å²) < 4.78 is 0. The summed E-state index contributed by atoms with van der Waals surface area (Å²) in [6, 6.07) is 9.98. The highest BCUT2D eigenvalue weighted by Crippen LogP contribution is 2.43. The molecule has 0 atom stereocenters. The second-order valence-electron chi connectivity index (χ2n) is 6.50. The molecule has 1 aliphatic carbocycles. The number of benzene rings is 1. The smallest absolute Gasteiger partial charge is 0.193 e. The van der Waals surface area contributed by atoms with Crippen LogP contribution in [0.1, 0.15) is 46.0 Å². The number of hydrogen-bond donors (Lipinski definition) is 2. The summed E-state index contributed by atoms with van der Waals surface area (Å²) in [7, 11) is 0. The van der Waals surface area contributed by atoms with Crippen LogP contribution < -0.4 is 11.1 Å². The van der Waals surface area contributed by atoms with Gasteiger partial charge in [0, 0.05) is 12.2 Å². The van der Waals surface area contributed by atoms with E-state index in [1.54, 1.807) is 0 Å². The van der Waals surface area contributed by atoms with Gasteiger partial charge in [0.1, 0.15) is 0 Å². The molecule has 0 heterocycles. The van der Waals surface area contributed by atoms with Crippen molar-refractivity contribution in [2.24, 2.45) is 22.1 Å². The lowest BCUT2D eigenvalue weighted by Crippen LogP contribution is -2.28. The molecule has 20 heavy (non-hydrogen) atoms. The first kappa shape index (κ1) is 14.9. The van der Waals surface area contributed by atoms with Gasteiger partial charge >= 0.3 is 0 Å². The minimum atomic E-state index is 0.386. The van der Waals surface area contributed by atoms with Gasteiger partial charge in [-0.25, -0.2) is 0 Å². The lowest BCUT2D eigenvalue weighted by atomic mass is 9.78. The maximum Gasteiger partial charge on any atom is 0.193 e. The van der Waals surface area contributed by atoms with Gasteiger partial charge in [-0.1, -0.05) is 44.9 Å². The minimum Gasteiger partial charge on any atom is -0.370 e. The molecule has 3 nitrogen and oxygen atoms in total. The molecule has 0 bridgehead atoms. The topological polar surface area (TPSA) is 50.4 Å². The molecule has 1 aromatic carbocycles. The van der Waals surface area contributed by atoms with Gasteiger partial charge in [0.15, 0.2) is 5.96 Å². The maximum atomic E-state index is 6.01. The van der Waals surface area contributed by atoms with Crippen LogP contribution in [0.4, 0.5) is 5.69 Å². The molecular formula is C17H27N3. The standard InChI is InChI=1S/C17H27N3/c1-14(2)12-17(10-6-7-11-17)13-19-16(18)20-15-8-4-3-5-9-15/h3-5,8-9,14H,6-7,10-13H2,1-2H3,(H3,18,19,20). The van der Waals surface area contributed by atoms with Crippen LogP contribution in [0.3, 0.4) is 0 Å². The average Bonchev–Trinajstić information content (AvgIpc) is 2.86. The van der Waals surface area contributed by atoms with E-state index in [0.29, 0.717) is 11.4 Å². The predicted molar refractivity (Wildman–Crippen MR) is 86.9 cm³/mol. The summed E-state index contributed by atoms with van der Waals surface area (Å²) in [4.78, 5) is 4.61. The van der Waals surface area contributed by atoms with Crippen molar-refractivity contribution in [1.29, 1.82) is 0 Å². The molecule has 0 saturated heterocycles. The van der Waals surface area contributed by atoms with Crippen molar-refractivity contribution in [3.8, 4) is 0 Å². The van der Waals surface area contributed by atoms with E-state index < -0.39 is 0 Å². The fourth-order valence-corrected chi connectivity index (χ4v) is 3.38. The molecule has 0 aliphatic heterocycles. The molecule has 0 aromatic heterocycles. The number of para-hydroxylation sites is 1. The second kappa shape index (κ2) is 6.78. The number of nitrogens with zero attached hydrogens (tertiary/aromatic N) is 1. The van der Waals surface area contributed by atoms with E-state index in [9.17, 15) is 0 Å². The number of rotatable bonds is 5.